The minimum absolute atomic E-state index is 0.0571. The van der Waals surface area contributed by atoms with Crippen LogP contribution in [0.4, 0.5) is 0 Å². The van der Waals surface area contributed by atoms with Gasteiger partial charge < -0.3 is 18.5 Å². The van der Waals surface area contributed by atoms with Crippen molar-refractivity contribution in [3.05, 3.63) is 70.4 Å². The molecule has 238 valence electrons. The molecule has 4 aromatic rings. The van der Waals surface area contributed by atoms with Gasteiger partial charge in [0.05, 0.1) is 46.8 Å². The summed E-state index contributed by atoms with van der Waals surface area (Å²) in [6, 6.07) is 10.6. The highest BCUT2D eigenvalue weighted by Gasteiger charge is 2.21. The number of aromatic nitrogens is 2. The number of sulfonamides is 1. The fraction of sp³-hybridized carbons (Fsp3) is 0.419. The molecule has 0 aliphatic rings. The molecule has 13 heteroatoms. The lowest BCUT2D eigenvalue weighted by atomic mass is 10.0. The smallest absolute Gasteiger partial charge is 0.240 e. The molecule has 0 saturated carbocycles. The van der Waals surface area contributed by atoms with Gasteiger partial charge in [-0.05, 0) is 82.3 Å². The minimum Gasteiger partial charge on any atom is -0.379 e. The Hall–Kier alpha value is -3.36. The van der Waals surface area contributed by atoms with Gasteiger partial charge in [-0.1, -0.05) is 34.6 Å². The van der Waals surface area contributed by atoms with Crippen LogP contribution in [-0.2, 0) is 29.3 Å². The fourth-order valence-corrected chi connectivity index (χ4v) is 7.90. The van der Waals surface area contributed by atoms with Crippen molar-refractivity contribution in [3.63, 3.8) is 0 Å². The van der Waals surface area contributed by atoms with Crippen LogP contribution in [0.1, 0.15) is 40.5 Å². The molecule has 0 aliphatic carbocycles. The van der Waals surface area contributed by atoms with E-state index < -0.39 is 19.9 Å². The van der Waals surface area contributed by atoms with Gasteiger partial charge in [0.2, 0.25) is 10.0 Å². The summed E-state index contributed by atoms with van der Waals surface area (Å²) in [5.41, 5.74) is 5.73. The average molecular weight is 646 g/mol. The van der Waals surface area contributed by atoms with Gasteiger partial charge >= 0.3 is 0 Å². The Morgan fingerprint density at radius 2 is 1.18 bits per heavy atom. The van der Waals surface area contributed by atoms with Crippen molar-refractivity contribution in [1.82, 2.24) is 15.0 Å². The molecule has 0 atom stereocenters. The van der Waals surface area contributed by atoms with Crippen molar-refractivity contribution in [1.29, 1.82) is 0 Å². The molecule has 4 rings (SSSR count). The highest BCUT2D eigenvalue weighted by Crippen LogP contribution is 2.31. The van der Waals surface area contributed by atoms with E-state index in [1.54, 1.807) is 52.0 Å². The van der Waals surface area contributed by atoms with E-state index in [4.69, 9.17) is 18.5 Å². The van der Waals surface area contributed by atoms with Crippen molar-refractivity contribution in [2.24, 2.45) is 0 Å². The van der Waals surface area contributed by atoms with Crippen LogP contribution in [0.15, 0.2) is 55.2 Å². The lowest BCUT2D eigenvalue weighted by molar-refractivity contribution is 0.0504. The van der Waals surface area contributed by atoms with Gasteiger partial charge in [-0.3, -0.25) is 0 Å². The Morgan fingerprint density at radius 3 is 1.70 bits per heavy atom. The molecule has 44 heavy (non-hydrogen) atoms. The van der Waals surface area contributed by atoms with Gasteiger partial charge in [-0.25, -0.2) is 21.6 Å². The van der Waals surface area contributed by atoms with Gasteiger partial charge in [0, 0.05) is 24.3 Å². The summed E-state index contributed by atoms with van der Waals surface area (Å²) in [4.78, 5) is 0.463. The minimum atomic E-state index is -3.77. The van der Waals surface area contributed by atoms with Gasteiger partial charge in [-0.15, -0.1) is 0 Å². The summed E-state index contributed by atoms with van der Waals surface area (Å²) in [5, 5.41) is 7.92. The third-order valence-electron chi connectivity index (χ3n) is 7.26. The molecular weight excluding hydrogens is 606 g/mol. The normalized spacial score (nSPS) is 12.2. The number of aryl methyl sites for hydroxylation is 6. The summed E-state index contributed by atoms with van der Waals surface area (Å²) in [6.45, 7) is 11.7. The molecule has 0 bridgehead atoms. The van der Waals surface area contributed by atoms with E-state index in [1.807, 2.05) is 26.0 Å². The summed E-state index contributed by atoms with van der Waals surface area (Å²) < 4.78 is 76.2. The van der Waals surface area contributed by atoms with Crippen molar-refractivity contribution in [2.75, 3.05) is 38.7 Å². The number of nitrogens with one attached hydrogen (secondary N) is 1. The molecule has 2 aromatic heterocycles. The van der Waals surface area contributed by atoms with Crippen molar-refractivity contribution in [2.45, 2.75) is 57.8 Å². The monoisotopic (exact) mass is 645 g/mol. The summed E-state index contributed by atoms with van der Waals surface area (Å²) in [6.07, 6.45) is 0.323. The molecule has 0 amide bonds. The van der Waals surface area contributed by atoms with Gasteiger partial charge in [0.15, 0.2) is 9.84 Å². The number of sulfone groups is 1. The maximum atomic E-state index is 13.1. The first-order chi connectivity index (χ1) is 20.8. The molecule has 0 aliphatic heterocycles. The van der Waals surface area contributed by atoms with Crippen LogP contribution in [0.2, 0.25) is 0 Å². The van der Waals surface area contributed by atoms with E-state index in [9.17, 15) is 16.8 Å². The predicted molar refractivity (Wildman–Crippen MR) is 166 cm³/mol. The van der Waals surface area contributed by atoms with Crippen LogP contribution in [0, 0.1) is 41.5 Å². The van der Waals surface area contributed by atoms with E-state index >= 15 is 0 Å². The zero-order valence-electron chi connectivity index (χ0n) is 25.9. The number of benzene rings is 2. The molecule has 0 unspecified atom stereocenters. The van der Waals surface area contributed by atoms with E-state index in [2.05, 4.69) is 15.0 Å². The van der Waals surface area contributed by atoms with Crippen LogP contribution in [0.25, 0.3) is 22.3 Å². The Bertz CT molecular complexity index is 1650. The van der Waals surface area contributed by atoms with Gasteiger partial charge in [-0.2, -0.15) is 0 Å². The molecule has 0 spiro atoms. The Balaban J connectivity index is 1.18. The highest BCUT2D eigenvalue weighted by molar-refractivity contribution is 7.91. The number of nitrogens with zero attached hydrogens (tertiary/aromatic N) is 2. The quantitative estimate of drug-likeness (QED) is 0.175. The third-order valence-corrected chi connectivity index (χ3v) is 10.8. The second kappa shape index (κ2) is 14.2. The lowest BCUT2D eigenvalue weighted by Crippen LogP contribution is -2.28. The zero-order valence-corrected chi connectivity index (χ0v) is 27.5. The van der Waals surface area contributed by atoms with Crippen LogP contribution in [-0.4, -0.2) is 65.9 Å². The molecule has 2 heterocycles. The summed E-state index contributed by atoms with van der Waals surface area (Å²) in [5.74, 6) is 1.20. The van der Waals surface area contributed by atoms with Crippen molar-refractivity contribution in [3.8, 4) is 22.3 Å². The Labute approximate surface area is 258 Å². The molecule has 11 nitrogen and oxygen atoms in total. The van der Waals surface area contributed by atoms with E-state index in [0.717, 1.165) is 16.7 Å². The molecule has 0 fully saturated rings. The summed E-state index contributed by atoms with van der Waals surface area (Å²) >= 11 is 0. The second-order valence-electron chi connectivity index (χ2n) is 10.7. The first kappa shape index (κ1) is 33.5. The van der Waals surface area contributed by atoms with Crippen LogP contribution < -0.4 is 4.72 Å². The molecule has 2 aromatic carbocycles. The van der Waals surface area contributed by atoms with E-state index in [-0.39, 0.29) is 48.5 Å². The molecular formula is C31H39N3O8S2. The van der Waals surface area contributed by atoms with Crippen molar-refractivity contribution >= 4 is 19.9 Å². The number of hydrogen-bond acceptors (Lipinski definition) is 10. The highest BCUT2D eigenvalue weighted by atomic mass is 32.2. The number of rotatable bonds is 15. The van der Waals surface area contributed by atoms with Crippen LogP contribution in [0.5, 0.6) is 0 Å². The topological polar surface area (TPSA) is 151 Å². The van der Waals surface area contributed by atoms with Gasteiger partial charge in [0.1, 0.15) is 11.5 Å². The molecule has 0 saturated heterocycles. The largest absolute Gasteiger partial charge is 0.379 e. The zero-order chi connectivity index (χ0) is 32.1. The first-order valence-corrected chi connectivity index (χ1v) is 17.4. The standard InChI is InChI=1S/C31H39N3O8S2/c1-20-8-10-26(30-22(3)33-41-24(30)5)18-28(20)43(35,36)17-7-13-39-15-16-40-14-12-32-44(37,38)29-19-27(11-9-21(29)2)31-23(4)34-42-25(31)6/h8-11,18-19,32H,7,12-17H2,1-6H3. The average Bonchev–Trinajstić information content (AvgIpc) is 3.49. The molecule has 0 radical (unpaired) electrons. The lowest BCUT2D eigenvalue weighted by Gasteiger charge is -2.12. The van der Waals surface area contributed by atoms with Crippen LogP contribution in [0.3, 0.4) is 0 Å². The predicted octanol–water partition coefficient (Wildman–Crippen LogP) is 5.02. The Morgan fingerprint density at radius 1 is 0.682 bits per heavy atom. The number of hydrogen-bond donors (Lipinski definition) is 1. The Kier molecular flexibility index (Phi) is 10.8. The summed E-state index contributed by atoms with van der Waals surface area (Å²) in [7, 11) is -7.30. The maximum absolute atomic E-state index is 13.1. The SMILES string of the molecule is Cc1ccc(-c2c(C)noc2C)cc1S(=O)(=O)CCCOCCOCCNS(=O)(=O)c1cc(-c2c(C)noc2C)ccc1C. The first-order valence-electron chi connectivity index (χ1n) is 14.3. The van der Waals surface area contributed by atoms with Crippen LogP contribution >= 0.6 is 0 Å². The fourth-order valence-electron chi connectivity index (χ4n) is 5.03. The second-order valence-corrected chi connectivity index (χ2v) is 14.5. The van der Waals surface area contributed by atoms with Crippen molar-refractivity contribution < 1.29 is 35.4 Å². The van der Waals surface area contributed by atoms with E-state index in [0.29, 0.717) is 46.0 Å². The number of ether oxygens (including phenoxy) is 2. The third kappa shape index (κ3) is 7.83. The maximum Gasteiger partial charge on any atom is 0.240 e. The van der Waals surface area contributed by atoms with Gasteiger partial charge in [0.25, 0.3) is 0 Å². The van der Waals surface area contributed by atoms with E-state index in [1.165, 1.54) is 0 Å². The molecule has 1 N–H and O–H groups in total.